The van der Waals surface area contributed by atoms with Gasteiger partial charge in [-0.25, -0.2) is 9.59 Å². The van der Waals surface area contributed by atoms with Crippen LogP contribution in [0.3, 0.4) is 0 Å². The summed E-state index contributed by atoms with van der Waals surface area (Å²) < 4.78 is 10.9. The number of piperidine rings is 1. The molecule has 1 aliphatic carbocycles. The first kappa shape index (κ1) is 29.4. The average Bonchev–Trinajstić information content (AvgIpc) is 3.30. The fraction of sp³-hybridized carbons (Fsp3) is 0.344. The molecule has 9 nitrogen and oxygen atoms in total. The van der Waals surface area contributed by atoms with Gasteiger partial charge in [-0.05, 0) is 59.2 Å². The number of alkyl carbamates (subject to hydrolysis) is 1. The highest BCUT2D eigenvalue weighted by Crippen LogP contribution is 2.44. The van der Waals surface area contributed by atoms with Gasteiger partial charge in [0.1, 0.15) is 12.6 Å². The van der Waals surface area contributed by atoms with Crippen molar-refractivity contribution >= 4 is 29.7 Å². The van der Waals surface area contributed by atoms with Crippen LogP contribution in [0.25, 0.3) is 11.1 Å². The van der Waals surface area contributed by atoms with Crippen molar-refractivity contribution in [2.24, 2.45) is 0 Å². The molecule has 42 heavy (non-hydrogen) atoms. The minimum atomic E-state index is -1.05. The van der Waals surface area contributed by atoms with Gasteiger partial charge in [0.2, 0.25) is 5.91 Å². The number of hydrogen-bond acceptors (Lipinski definition) is 5. The Balaban J connectivity index is 1.28. The number of likely N-dealkylation sites (tertiary alicyclic amines) is 1. The van der Waals surface area contributed by atoms with E-state index in [1.54, 1.807) is 12.1 Å². The van der Waals surface area contributed by atoms with Crippen LogP contribution in [-0.4, -0.2) is 73.1 Å². The molecule has 2 atom stereocenters. The lowest BCUT2D eigenvalue weighted by molar-refractivity contribution is -0.127. The van der Waals surface area contributed by atoms with Gasteiger partial charge >= 0.3 is 12.2 Å². The third-order valence-corrected chi connectivity index (χ3v) is 8.23. The molecule has 2 aliphatic rings. The highest BCUT2D eigenvalue weighted by Gasteiger charge is 2.40. The van der Waals surface area contributed by atoms with Gasteiger partial charge in [0.05, 0.1) is 12.1 Å². The van der Waals surface area contributed by atoms with E-state index in [1.807, 2.05) is 48.5 Å². The molecule has 0 saturated carbocycles. The predicted molar refractivity (Wildman–Crippen MR) is 159 cm³/mol. The second-order valence-electron chi connectivity index (χ2n) is 10.9. The van der Waals surface area contributed by atoms with Gasteiger partial charge in [0.25, 0.3) is 0 Å². The lowest BCUT2D eigenvalue weighted by Crippen LogP contribution is -2.64. The Kier molecular flexibility index (Phi) is 8.99. The molecule has 0 aromatic heterocycles. The lowest BCUT2D eigenvalue weighted by Gasteiger charge is -2.43. The van der Waals surface area contributed by atoms with Crippen LogP contribution < -0.4 is 10.6 Å². The van der Waals surface area contributed by atoms with Crippen molar-refractivity contribution < 1.29 is 29.0 Å². The summed E-state index contributed by atoms with van der Waals surface area (Å²) in [7, 11) is 1.44. The Morgan fingerprint density at radius 1 is 1.02 bits per heavy atom. The molecule has 3 N–H and O–H groups in total. The summed E-state index contributed by atoms with van der Waals surface area (Å²) in [5, 5.41) is 16.0. The number of carbonyl (C=O) groups excluding carboxylic acids is 2. The number of carbonyl (C=O) groups is 3. The number of ether oxygens (including phenoxy) is 2. The SMILES string of the molecule is COC[C@H](NC(=O)OCC1c2ccccc2-c2ccccc21)C(=O)N[C@@]1(Cc2ccc(Cl)cc2)CCCN(C(=O)O)C1. The first-order valence-electron chi connectivity index (χ1n) is 13.9. The van der Waals surface area contributed by atoms with Crippen LogP contribution in [0.15, 0.2) is 72.8 Å². The Hall–Kier alpha value is -4.08. The topological polar surface area (TPSA) is 117 Å². The quantitative estimate of drug-likeness (QED) is 0.320. The molecule has 3 amide bonds. The number of carboxylic acid groups (broad SMARTS) is 1. The fourth-order valence-electron chi connectivity index (χ4n) is 6.06. The van der Waals surface area contributed by atoms with Gasteiger partial charge in [-0.1, -0.05) is 72.3 Å². The van der Waals surface area contributed by atoms with Crippen molar-refractivity contribution in [2.45, 2.75) is 36.8 Å². The molecule has 0 radical (unpaired) electrons. The van der Waals surface area contributed by atoms with Crippen LogP contribution in [0.1, 0.15) is 35.4 Å². The summed E-state index contributed by atoms with van der Waals surface area (Å²) in [5.74, 6) is -0.601. The zero-order valence-electron chi connectivity index (χ0n) is 23.3. The molecule has 1 heterocycles. The molecule has 3 aromatic rings. The molecule has 0 unspecified atom stereocenters. The van der Waals surface area contributed by atoms with E-state index in [0.717, 1.165) is 27.8 Å². The molecule has 5 rings (SSSR count). The van der Waals surface area contributed by atoms with E-state index in [1.165, 1.54) is 12.0 Å². The minimum Gasteiger partial charge on any atom is -0.465 e. The van der Waals surface area contributed by atoms with E-state index in [-0.39, 0.29) is 25.7 Å². The molecule has 0 bridgehead atoms. The second kappa shape index (κ2) is 12.8. The van der Waals surface area contributed by atoms with Crippen molar-refractivity contribution in [2.75, 3.05) is 33.4 Å². The predicted octanol–water partition coefficient (Wildman–Crippen LogP) is 5.07. The maximum absolute atomic E-state index is 13.6. The number of amides is 3. The molecule has 1 fully saturated rings. The van der Waals surface area contributed by atoms with Crippen LogP contribution in [0, 0.1) is 0 Å². The molecule has 1 saturated heterocycles. The largest absolute Gasteiger partial charge is 0.465 e. The smallest absolute Gasteiger partial charge is 0.407 e. The van der Waals surface area contributed by atoms with E-state index in [2.05, 4.69) is 22.8 Å². The number of nitrogens with zero attached hydrogens (tertiary/aromatic N) is 1. The van der Waals surface area contributed by atoms with Gasteiger partial charge in [0.15, 0.2) is 0 Å². The van der Waals surface area contributed by atoms with Crippen LogP contribution in [-0.2, 0) is 20.7 Å². The van der Waals surface area contributed by atoms with Crippen molar-refractivity contribution in [1.29, 1.82) is 0 Å². The Bertz CT molecular complexity index is 1400. The number of benzene rings is 3. The maximum Gasteiger partial charge on any atom is 0.407 e. The third kappa shape index (κ3) is 6.53. The summed E-state index contributed by atoms with van der Waals surface area (Å²) in [5.41, 5.74) is 4.43. The van der Waals surface area contributed by atoms with E-state index in [4.69, 9.17) is 21.1 Å². The Labute approximate surface area is 249 Å². The lowest BCUT2D eigenvalue weighted by atomic mass is 9.82. The number of halogens is 1. The van der Waals surface area contributed by atoms with Crippen LogP contribution in [0.5, 0.6) is 0 Å². The van der Waals surface area contributed by atoms with E-state index in [9.17, 15) is 19.5 Å². The van der Waals surface area contributed by atoms with E-state index < -0.39 is 29.7 Å². The molecule has 3 aromatic carbocycles. The summed E-state index contributed by atoms with van der Waals surface area (Å²) in [4.78, 5) is 39.7. The number of methoxy groups -OCH3 is 1. The maximum atomic E-state index is 13.6. The van der Waals surface area contributed by atoms with Crippen LogP contribution in [0.2, 0.25) is 5.02 Å². The number of rotatable bonds is 9. The Morgan fingerprint density at radius 3 is 2.29 bits per heavy atom. The average molecular weight is 592 g/mol. The summed E-state index contributed by atoms with van der Waals surface area (Å²) in [6, 6.07) is 22.3. The van der Waals surface area contributed by atoms with Gasteiger partial charge in [-0.2, -0.15) is 0 Å². The molecule has 0 spiro atoms. The van der Waals surface area contributed by atoms with Crippen LogP contribution in [0.4, 0.5) is 9.59 Å². The van der Waals surface area contributed by atoms with Gasteiger partial charge in [-0.3, -0.25) is 4.79 Å². The fourth-order valence-corrected chi connectivity index (χ4v) is 6.18. The van der Waals surface area contributed by atoms with Crippen molar-refractivity contribution in [3.63, 3.8) is 0 Å². The Morgan fingerprint density at radius 2 is 1.67 bits per heavy atom. The van der Waals surface area contributed by atoms with Crippen molar-refractivity contribution in [3.8, 4) is 11.1 Å². The minimum absolute atomic E-state index is 0.0876. The normalized spacial score (nSPS) is 18.5. The zero-order chi connectivity index (χ0) is 29.7. The summed E-state index contributed by atoms with van der Waals surface area (Å²) in [6.07, 6.45) is -0.249. The van der Waals surface area contributed by atoms with Gasteiger partial charge in [0, 0.05) is 31.1 Å². The van der Waals surface area contributed by atoms with E-state index in [0.29, 0.717) is 30.8 Å². The standard InChI is InChI=1S/C32H34ClN3O6/c1-41-19-28(34-30(38)42-18-27-25-9-4-2-7-23(25)24-8-3-5-10-26(24)27)29(37)35-32(15-6-16-36(20-32)31(39)40)17-21-11-13-22(33)14-12-21/h2-5,7-14,27-28H,6,15-20H2,1H3,(H,34,38)(H,35,37)(H,39,40)/t28-,32+/m0/s1. The molecular formula is C32H34ClN3O6. The summed E-state index contributed by atoms with van der Waals surface area (Å²) >= 11 is 6.06. The highest BCUT2D eigenvalue weighted by molar-refractivity contribution is 6.30. The van der Waals surface area contributed by atoms with E-state index >= 15 is 0 Å². The first-order chi connectivity index (χ1) is 20.3. The zero-order valence-corrected chi connectivity index (χ0v) is 24.1. The van der Waals surface area contributed by atoms with Crippen molar-refractivity contribution in [1.82, 2.24) is 15.5 Å². The summed E-state index contributed by atoms with van der Waals surface area (Å²) in [6.45, 7) is 0.513. The van der Waals surface area contributed by atoms with Gasteiger partial charge < -0.3 is 30.1 Å². The third-order valence-electron chi connectivity index (χ3n) is 7.98. The molecule has 220 valence electrons. The monoisotopic (exact) mass is 591 g/mol. The van der Waals surface area contributed by atoms with Crippen LogP contribution >= 0.6 is 11.6 Å². The first-order valence-corrected chi connectivity index (χ1v) is 14.3. The molecule has 1 aliphatic heterocycles. The second-order valence-corrected chi connectivity index (χ2v) is 11.3. The number of nitrogens with one attached hydrogen (secondary N) is 2. The molecule has 10 heteroatoms. The highest BCUT2D eigenvalue weighted by atomic mass is 35.5. The van der Waals surface area contributed by atoms with Gasteiger partial charge in [-0.15, -0.1) is 0 Å². The number of hydrogen-bond donors (Lipinski definition) is 3. The molecular weight excluding hydrogens is 558 g/mol. The van der Waals surface area contributed by atoms with Crippen molar-refractivity contribution in [3.05, 3.63) is 94.5 Å². The number of fused-ring (bicyclic) bond motifs is 3.